The van der Waals surface area contributed by atoms with E-state index >= 15 is 0 Å². The topological polar surface area (TPSA) is 47.6 Å². The molecule has 1 amide bonds. The zero-order chi connectivity index (χ0) is 16.7. The van der Waals surface area contributed by atoms with Crippen molar-refractivity contribution >= 4 is 18.5 Å². The molecule has 0 spiro atoms. The van der Waals surface area contributed by atoms with E-state index in [1.807, 2.05) is 41.5 Å². The minimum Gasteiger partial charge on any atom is -0.399 e. The van der Waals surface area contributed by atoms with Gasteiger partial charge in [-0.3, -0.25) is 4.79 Å². The van der Waals surface area contributed by atoms with E-state index in [1.54, 1.807) is 6.07 Å². The molecule has 1 saturated heterocycles. The van der Waals surface area contributed by atoms with E-state index in [4.69, 9.17) is 9.31 Å². The van der Waals surface area contributed by atoms with Crippen LogP contribution in [-0.2, 0) is 9.31 Å². The maximum absolute atomic E-state index is 13.9. The van der Waals surface area contributed by atoms with Crippen molar-refractivity contribution < 1.29 is 18.5 Å². The molecule has 0 aromatic heterocycles. The summed E-state index contributed by atoms with van der Waals surface area (Å²) in [5, 5.41) is 2.69. The predicted molar refractivity (Wildman–Crippen MR) is 84.7 cm³/mol. The normalized spacial score (nSPS) is 19.5. The Morgan fingerprint density at radius 3 is 2.23 bits per heavy atom. The lowest BCUT2D eigenvalue weighted by Crippen LogP contribution is -2.41. The Balaban J connectivity index is 2.29. The van der Waals surface area contributed by atoms with Gasteiger partial charge in [-0.25, -0.2) is 4.39 Å². The molecule has 1 aromatic carbocycles. The number of hydrogen-bond acceptors (Lipinski definition) is 3. The largest absolute Gasteiger partial charge is 0.494 e. The van der Waals surface area contributed by atoms with Crippen LogP contribution < -0.4 is 10.8 Å². The Morgan fingerprint density at radius 2 is 1.73 bits per heavy atom. The molecule has 0 atom stereocenters. The van der Waals surface area contributed by atoms with Gasteiger partial charge < -0.3 is 14.6 Å². The number of halogens is 1. The standard InChI is InChI=1S/C16H23BFNO3/c1-10(2)19-14(20)12-9-11(7-8-13(12)18)17-21-15(3,4)16(5,6)22-17/h7-10H,1-6H3,(H,19,20). The van der Waals surface area contributed by atoms with E-state index in [0.29, 0.717) is 5.46 Å². The molecule has 0 radical (unpaired) electrons. The van der Waals surface area contributed by atoms with Crippen LogP contribution in [-0.4, -0.2) is 30.3 Å². The molecule has 4 nitrogen and oxygen atoms in total. The van der Waals surface area contributed by atoms with Crippen molar-refractivity contribution in [2.24, 2.45) is 0 Å². The predicted octanol–water partition coefficient (Wildman–Crippen LogP) is 2.26. The number of amides is 1. The average molecular weight is 307 g/mol. The molecule has 0 bridgehead atoms. The molecule has 1 N–H and O–H groups in total. The minimum atomic E-state index is -0.615. The number of rotatable bonds is 3. The second-order valence-corrected chi connectivity index (χ2v) is 6.96. The van der Waals surface area contributed by atoms with Crippen molar-refractivity contribution in [2.45, 2.75) is 58.8 Å². The molecule has 6 heteroatoms. The van der Waals surface area contributed by atoms with Crippen LogP contribution >= 0.6 is 0 Å². The van der Waals surface area contributed by atoms with Gasteiger partial charge in [-0.05, 0) is 59.1 Å². The molecule has 1 aromatic rings. The van der Waals surface area contributed by atoms with Crippen LogP contribution in [0.1, 0.15) is 51.9 Å². The van der Waals surface area contributed by atoms with Crippen LogP contribution in [0.25, 0.3) is 0 Å². The summed E-state index contributed by atoms with van der Waals surface area (Å²) in [6.45, 7) is 11.4. The van der Waals surface area contributed by atoms with Crippen molar-refractivity contribution in [1.29, 1.82) is 0 Å². The third-order valence-electron chi connectivity index (χ3n) is 4.18. The fourth-order valence-electron chi connectivity index (χ4n) is 2.18. The summed E-state index contributed by atoms with van der Waals surface area (Å²) in [6.07, 6.45) is 0. The van der Waals surface area contributed by atoms with Gasteiger partial charge in [-0.15, -0.1) is 0 Å². The molecule has 0 aliphatic carbocycles. The Bertz CT molecular complexity index is 571. The first-order chi connectivity index (χ1) is 10.0. The summed E-state index contributed by atoms with van der Waals surface area (Å²) >= 11 is 0. The quantitative estimate of drug-likeness (QED) is 0.872. The van der Waals surface area contributed by atoms with E-state index in [0.717, 1.165) is 0 Å². The second-order valence-electron chi connectivity index (χ2n) is 6.96. The van der Waals surface area contributed by atoms with Crippen molar-refractivity contribution in [3.63, 3.8) is 0 Å². The van der Waals surface area contributed by atoms with Crippen LogP contribution in [0.5, 0.6) is 0 Å². The van der Waals surface area contributed by atoms with Crippen molar-refractivity contribution in [1.82, 2.24) is 5.32 Å². The number of carbonyl (C=O) groups is 1. The zero-order valence-electron chi connectivity index (χ0n) is 14.0. The second kappa shape index (κ2) is 5.67. The summed E-state index contributed by atoms with van der Waals surface area (Å²) in [7, 11) is -0.615. The van der Waals surface area contributed by atoms with E-state index in [9.17, 15) is 9.18 Å². The highest BCUT2D eigenvalue weighted by Gasteiger charge is 2.51. The number of hydrogen-bond donors (Lipinski definition) is 1. The first-order valence-electron chi connectivity index (χ1n) is 7.49. The Kier molecular flexibility index (Phi) is 4.37. The van der Waals surface area contributed by atoms with Gasteiger partial charge in [-0.2, -0.15) is 0 Å². The molecule has 22 heavy (non-hydrogen) atoms. The fourth-order valence-corrected chi connectivity index (χ4v) is 2.18. The first kappa shape index (κ1) is 17.0. The number of nitrogens with one attached hydrogen (secondary N) is 1. The molecular formula is C16H23BFNO3. The summed E-state index contributed by atoms with van der Waals surface area (Å²) in [5.74, 6) is -0.996. The lowest BCUT2D eigenvalue weighted by atomic mass is 9.78. The molecule has 1 heterocycles. The van der Waals surface area contributed by atoms with Gasteiger partial charge in [0.1, 0.15) is 5.82 Å². The Labute approximate surface area is 131 Å². The van der Waals surface area contributed by atoms with Gasteiger partial charge in [0.15, 0.2) is 0 Å². The van der Waals surface area contributed by atoms with Crippen molar-refractivity contribution in [3.8, 4) is 0 Å². The highest BCUT2D eigenvalue weighted by Crippen LogP contribution is 2.36. The Morgan fingerprint density at radius 1 is 1.18 bits per heavy atom. The Hall–Kier alpha value is -1.40. The minimum absolute atomic E-state index is 0.000845. The monoisotopic (exact) mass is 307 g/mol. The SMILES string of the molecule is CC(C)NC(=O)c1cc(B2OC(C)(C)C(C)(C)O2)ccc1F. The highest BCUT2D eigenvalue weighted by molar-refractivity contribution is 6.62. The van der Waals surface area contributed by atoms with Gasteiger partial charge in [-0.1, -0.05) is 6.07 Å². The summed E-state index contributed by atoms with van der Waals surface area (Å²) in [6, 6.07) is 4.29. The molecule has 0 unspecified atom stereocenters. The van der Waals surface area contributed by atoms with Crippen molar-refractivity contribution in [2.75, 3.05) is 0 Å². The van der Waals surface area contributed by atoms with Crippen LogP contribution in [0.15, 0.2) is 18.2 Å². The third-order valence-corrected chi connectivity index (χ3v) is 4.18. The fraction of sp³-hybridized carbons (Fsp3) is 0.562. The van der Waals surface area contributed by atoms with Gasteiger partial charge >= 0.3 is 7.12 Å². The molecule has 0 saturated carbocycles. The van der Waals surface area contributed by atoms with E-state index in [1.165, 1.54) is 12.1 Å². The maximum atomic E-state index is 13.9. The molecule has 1 fully saturated rings. The summed E-state index contributed by atoms with van der Waals surface area (Å²) < 4.78 is 25.8. The zero-order valence-corrected chi connectivity index (χ0v) is 14.0. The first-order valence-corrected chi connectivity index (χ1v) is 7.49. The molecule has 1 aliphatic heterocycles. The third kappa shape index (κ3) is 3.18. The smallest absolute Gasteiger partial charge is 0.399 e. The van der Waals surface area contributed by atoms with Crippen LogP contribution in [0, 0.1) is 5.82 Å². The van der Waals surface area contributed by atoms with Gasteiger partial charge in [0.25, 0.3) is 5.91 Å². The maximum Gasteiger partial charge on any atom is 0.494 e. The molecule has 120 valence electrons. The number of benzene rings is 1. The van der Waals surface area contributed by atoms with Crippen LogP contribution in [0.2, 0.25) is 0 Å². The molecule has 1 aliphatic rings. The van der Waals surface area contributed by atoms with Gasteiger partial charge in [0, 0.05) is 6.04 Å². The van der Waals surface area contributed by atoms with E-state index in [2.05, 4.69) is 5.32 Å². The van der Waals surface area contributed by atoms with Crippen LogP contribution in [0.4, 0.5) is 4.39 Å². The van der Waals surface area contributed by atoms with Gasteiger partial charge in [0.2, 0.25) is 0 Å². The summed E-state index contributed by atoms with van der Waals surface area (Å²) in [5.41, 5.74) is -0.325. The number of carbonyl (C=O) groups excluding carboxylic acids is 1. The highest BCUT2D eigenvalue weighted by atomic mass is 19.1. The average Bonchev–Trinajstić information content (AvgIpc) is 2.58. The van der Waals surface area contributed by atoms with Crippen molar-refractivity contribution in [3.05, 3.63) is 29.6 Å². The van der Waals surface area contributed by atoms with E-state index in [-0.39, 0.29) is 11.6 Å². The van der Waals surface area contributed by atoms with Crippen LogP contribution in [0.3, 0.4) is 0 Å². The van der Waals surface area contributed by atoms with E-state index < -0.39 is 30.0 Å². The van der Waals surface area contributed by atoms with Gasteiger partial charge in [0.05, 0.1) is 16.8 Å². The lowest BCUT2D eigenvalue weighted by Gasteiger charge is -2.32. The lowest BCUT2D eigenvalue weighted by molar-refractivity contribution is 0.00578. The summed E-state index contributed by atoms with van der Waals surface area (Å²) in [4.78, 5) is 12.1. The molecular weight excluding hydrogens is 284 g/mol. The molecule has 2 rings (SSSR count).